The smallest absolute Gasteiger partial charge is 0.387 e. The summed E-state index contributed by atoms with van der Waals surface area (Å²) < 4.78 is 39.6. The van der Waals surface area contributed by atoms with E-state index < -0.39 is 6.61 Å². The fraction of sp³-hybridized carbons (Fsp3) is 0.294. The second-order valence-corrected chi connectivity index (χ2v) is 6.18. The Bertz CT molecular complexity index is 799. The molecule has 1 aromatic heterocycles. The summed E-state index contributed by atoms with van der Waals surface area (Å²) in [5, 5.41) is 0.885. The molecule has 0 radical (unpaired) electrons. The first kappa shape index (κ1) is 17.5. The first-order valence-corrected chi connectivity index (χ1v) is 8.43. The van der Waals surface area contributed by atoms with Crippen molar-refractivity contribution in [1.29, 1.82) is 0 Å². The molecule has 0 unspecified atom stereocenters. The van der Waals surface area contributed by atoms with Crippen LogP contribution in [0.15, 0.2) is 35.5 Å². The monoisotopic (exact) mass is 366 g/mol. The lowest BCUT2D eigenvalue weighted by Gasteiger charge is -2.11. The van der Waals surface area contributed by atoms with Gasteiger partial charge in [0.05, 0.1) is 30.6 Å². The maximum absolute atomic E-state index is 12.3. The number of thioether (sulfide) groups is 1. The minimum atomic E-state index is -2.84. The molecule has 0 atom stereocenters. The molecule has 132 valence electrons. The van der Waals surface area contributed by atoms with Crippen molar-refractivity contribution < 1.29 is 23.0 Å². The Morgan fingerprint density at radius 3 is 2.76 bits per heavy atom. The SMILES string of the molecule is COc1ccnc(CSC2=Nc3cc(OC(F)F)ccc3C2)c1OC. The molecule has 1 aliphatic rings. The number of rotatable bonds is 6. The average Bonchev–Trinajstić information content (AvgIpc) is 3.01. The number of hydrogen-bond donors (Lipinski definition) is 0. The number of benzene rings is 1. The highest BCUT2D eigenvalue weighted by molar-refractivity contribution is 8.13. The predicted molar refractivity (Wildman–Crippen MR) is 92.5 cm³/mol. The van der Waals surface area contributed by atoms with Gasteiger partial charge in [-0.25, -0.2) is 4.99 Å². The van der Waals surface area contributed by atoms with Crippen molar-refractivity contribution in [3.63, 3.8) is 0 Å². The lowest BCUT2D eigenvalue weighted by molar-refractivity contribution is -0.0498. The van der Waals surface area contributed by atoms with Crippen LogP contribution in [-0.4, -0.2) is 30.9 Å². The minimum Gasteiger partial charge on any atom is -0.493 e. The van der Waals surface area contributed by atoms with Crippen molar-refractivity contribution in [1.82, 2.24) is 4.98 Å². The maximum Gasteiger partial charge on any atom is 0.387 e. The van der Waals surface area contributed by atoms with E-state index in [1.807, 2.05) is 0 Å². The number of aliphatic imine (C=N–C) groups is 1. The Morgan fingerprint density at radius 1 is 1.20 bits per heavy atom. The third kappa shape index (κ3) is 4.01. The van der Waals surface area contributed by atoms with Gasteiger partial charge in [0.15, 0.2) is 11.5 Å². The van der Waals surface area contributed by atoms with Crippen molar-refractivity contribution in [2.24, 2.45) is 4.99 Å². The third-order valence-electron chi connectivity index (χ3n) is 3.61. The Morgan fingerprint density at radius 2 is 2.04 bits per heavy atom. The number of fused-ring (bicyclic) bond motifs is 1. The second-order valence-electron chi connectivity index (χ2n) is 5.13. The Labute approximate surface area is 148 Å². The van der Waals surface area contributed by atoms with Crippen LogP contribution < -0.4 is 14.2 Å². The second kappa shape index (κ2) is 7.69. The standard InChI is InChI=1S/C17H16F2N2O3S/c1-22-14-5-6-20-13(16(14)23-2)9-25-15-7-10-3-4-11(24-17(18)19)8-12(10)21-15/h3-6,8,17H,7,9H2,1-2H3. The molecule has 2 heterocycles. The van der Waals surface area contributed by atoms with Crippen LogP contribution >= 0.6 is 11.8 Å². The van der Waals surface area contributed by atoms with Crippen LogP contribution in [-0.2, 0) is 12.2 Å². The molecule has 3 rings (SSSR count). The molecular formula is C17H16F2N2O3S. The molecule has 0 amide bonds. The van der Waals surface area contributed by atoms with Crippen LogP contribution in [0.2, 0.25) is 0 Å². The van der Waals surface area contributed by atoms with Crippen LogP contribution in [0.1, 0.15) is 11.3 Å². The Balaban J connectivity index is 1.70. The number of alkyl halides is 2. The van der Waals surface area contributed by atoms with Gasteiger partial charge >= 0.3 is 6.61 Å². The van der Waals surface area contributed by atoms with E-state index in [0.29, 0.717) is 29.4 Å². The molecular weight excluding hydrogens is 350 g/mol. The van der Waals surface area contributed by atoms with Gasteiger partial charge in [-0.05, 0) is 11.6 Å². The summed E-state index contributed by atoms with van der Waals surface area (Å²) in [4.78, 5) is 8.82. The lowest BCUT2D eigenvalue weighted by atomic mass is 10.1. The first-order valence-electron chi connectivity index (χ1n) is 7.44. The molecule has 0 spiro atoms. The highest BCUT2D eigenvalue weighted by atomic mass is 32.2. The van der Waals surface area contributed by atoms with Gasteiger partial charge < -0.3 is 14.2 Å². The molecule has 2 aromatic rings. The number of aromatic nitrogens is 1. The zero-order valence-electron chi connectivity index (χ0n) is 13.7. The topological polar surface area (TPSA) is 52.9 Å². The van der Waals surface area contributed by atoms with Gasteiger partial charge in [0.25, 0.3) is 0 Å². The summed E-state index contributed by atoms with van der Waals surface area (Å²) in [6, 6.07) is 6.55. The van der Waals surface area contributed by atoms with Gasteiger partial charge in [-0.2, -0.15) is 8.78 Å². The average molecular weight is 366 g/mol. The number of methoxy groups -OCH3 is 2. The molecule has 0 N–H and O–H groups in total. The zero-order valence-corrected chi connectivity index (χ0v) is 14.5. The normalized spacial score (nSPS) is 12.8. The minimum absolute atomic E-state index is 0.111. The van der Waals surface area contributed by atoms with E-state index >= 15 is 0 Å². The molecule has 0 aliphatic carbocycles. The van der Waals surface area contributed by atoms with E-state index in [1.54, 1.807) is 32.5 Å². The zero-order chi connectivity index (χ0) is 17.8. The van der Waals surface area contributed by atoms with E-state index in [0.717, 1.165) is 16.3 Å². The van der Waals surface area contributed by atoms with Crippen LogP contribution in [0.5, 0.6) is 17.2 Å². The quantitative estimate of drug-likeness (QED) is 0.766. The molecule has 8 heteroatoms. The van der Waals surface area contributed by atoms with E-state index in [4.69, 9.17) is 9.47 Å². The number of halogens is 2. The van der Waals surface area contributed by atoms with E-state index in [2.05, 4.69) is 14.7 Å². The van der Waals surface area contributed by atoms with Crippen molar-refractivity contribution >= 4 is 22.5 Å². The highest BCUT2D eigenvalue weighted by Gasteiger charge is 2.18. The van der Waals surface area contributed by atoms with Gasteiger partial charge in [0.1, 0.15) is 5.75 Å². The molecule has 0 bridgehead atoms. The number of pyridine rings is 1. The molecule has 25 heavy (non-hydrogen) atoms. The maximum atomic E-state index is 12.3. The van der Waals surface area contributed by atoms with E-state index in [1.165, 1.54) is 23.9 Å². The first-order chi connectivity index (χ1) is 12.1. The van der Waals surface area contributed by atoms with Gasteiger partial charge in [0.2, 0.25) is 0 Å². The van der Waals surface area contributed by atoms with Crippen LogP contribution in [0.3, 0.4) is 0 Å². The van der Waals surface area contributed by atoms with E-state index in [-0.39, 0.29) is 5.75 Å². The van der Waals surface area contributed by atoms with E-state index in [9.17, 15) is 8.78 Å². The third-order valence-corrected chi connectivity index (χ3v) is 4.60. The number of nitrogens with zero attached hydrogens (tertiary/aromatic N) is 2. The molecule has 0 saturated carbocycles. The lowest BCUT2D eigenvalue weighted by Crippen LogP contribution is -2.01. The summed E-state index contributed by atoms with van der Waals surface area (Å²) in [5.41, 5.74) is 2.40. The van der Waals surface area contributed by atoms with Gasteiger partial charge in [-0.3, -0.25) is 4.98 Å². The molecule has 1 aromatic carbocycles. The molecule has 0 fully saturated rings. The van der Waals surface area contributed by atoms with Crippen LogP contribution in [0, 0.1) is 0 Å². The van der Waals surface area contributed by atoms with Gasteiger partial charge in [0, 0.05) is 30.5 Å². The van der Waals surface area contributed by atoms with Crippen molar-refractivity contribution in [3.8, 4) is 17.2 Å². The van der Waals surface area contributed by atoms with Crippen molar-refractivity contribution in [2.75, 3.05) is 14.2 Å². The summed E-state index contributed by atoms with van der Waals surface area (Å²) in [5.74, 6) is 1.90. The fourth-order valence-corrected chi connectivity index (χ4v) is 3.43. The summed E-state index contributed by atoms with van der Waals surface area (Å²) in [7, 11) is 3.15. The fourth-order valence-electron chi connectivity index (χ4n) is 2.50. The summed E-state index contributed by atoms with van der Waals surface area (Å²) in [6.45, 7) is -2.84. The van der Waals surface area contributed by atoms with Crippen molar-refractivity contribution in [3.05, 3.63) is 41.7 Å². The summed E-state index contributed by atoms with van der Waals surface area (Å²) in [6.07, 6.45) is 2.32. The number of hydrogen-bond acceptors (Lipinski definition) is 6. The predicted octanol–water partition coefficient (Wildman–Crippen LogP) is 4.22. The van der Waals surface area contributed by atoms with Crippen molar-refractivity contribution in [2.45, 2.75) is 18.8 Å². The molecule has 0 saturated heterocycles. The van der Waals surface area contributed by atoms with Crippen LogP contribution in [0.4, 0.5) is 14.5 Å². The Kier molecular flexibility index (Phi) is 5.37. The largest absolute Gasteiger partial charge is 0.493 e. The summed E-state index contributed by atoms with van der Waals surface area (Å²) >= 11 is 1.53. The number of ether oxygens (including phenoxy) is 3. The van der Waals surface area contributed by atoms with Crippen LogP contribution in [0.25, 0.3) is 0 Å². The molecule has 1 aliphatic heterocycles. The Hall–Kier alpha value is -2.35. The van der Waals surface area contributed by atoms with Gasteiger partial charge in [-0.1, -0.05) is 6.07 Å². The molecule has 5 nitrogen and oxygen atoms in total. The highest BCUT2D eigenvalue weighted by Crippen LogP contribution is 2.36. The van der Waals surface area contributed by atoms with Gasteiger partial charge in [-0.15, -0.1) is 11.8 Å².